The summed E-state index contributed by atoms with van der Waals surface area (Å²) in [5, 5.41) is 11.0. The van der Waals surface area contributed by atoms with E-state index in [1.54, 1.807) is 27.2 Å². The van der Waals surface area contributed by atoms with Crippen LogP contribution in [0.5, 0.6) is 17.2 Å². The van der Waals surface area contributed by atoms with Crippen molar-refractivity contribution in [1.29, 1.82) is 0 Å². The zero-order valence-electron chi connectivity index (χ0n) is 20.5. The third kappa shape index (κ3) is 5.71. The van der Waals surface area contributed by atoms with Gasteiger partial charge in [-0.15, -0.1) is 0 Å². The van der Waals surface area contributed by atoms with Crippen molar-refractivity contribution in [2.75, 3.05) is 14.2 Å². The molecular formula is C28H34FO4P. The van der Waals surface area contributed by atoms with Crippen LogP contribution in [0.3, 0.4) is 0 Å². The third-order valence-corrected chi connectivity index (χ3v) is 8.45. The molecule has 0 heterocycles. The van der Waals surface area contributed by atoms with E-state index in [0.29, 0.717) is 29.4 Å². The molecule has 2 unspecified atom stereocenters. The van der Waals surface area contributed by atoms with E-state index in [-0.39, 0.29) is 19.6 Å². The van der Waals surface area contributed by atoms with Gasteiger partial charge in [-0.3, -0.25) is 0 Å². The average molecular weight is 485 g/mol. The Morgan fingerprint density at radius 3 is 2.26 bits per heavy atom. The SMILES string of the molecule is CCC(CC)(Pc1ccc(F)cc1C(C)O)c1cc(OC)cc(OC)c1OCc1ccccc1. The van der Waals surface area contributed by atoms with E-state index in [1.807, 2.05) is 42.5 Å². The summed E-state index contributed by atoms with van der Waals surface area (Å²) in [7, 11) is 3.54. The molecule has 34 heavy (non-hydrogen) atoms. The Morgan fingerprint density at radius 1 is 0.971 bits per heavy atom. The lowest BCUT2D eigenvalue weighted by atomic mass is 9.91. The topological polar surface area (TPSA) is 47.9 Å². The van der Waals surface area contributed by atoms with E-state index in [2.05, 4.69) is 13.8 Å². The van der Waals surface area contributed by atoms with Crippen LogP contribution in [0.15, 0.2) is 60.7 Å². The third-order valence-electron chi connectivity index (χ3n) is 6.27. The second-order valence-electron chi connectivity index (χ2n) is 8.30. The van der Waals surface area contributed by atoms with Crippen molar-refractivity contribution in [1.82, 2.24) is 0 Å². The van der Waals surface area contributed by atoms with Gasteiger partial charge in [0.15, 0.2) is 11.5 Å². The maximum absolute atomic E-state index is 14.0. The first-order valence-electron chi connectivity index (χ1n) is 11.6. The number of methoxy groups -OCH3 is 2. The first kappa shape index (κ1) is 26.0. The summed E-state index contributed by atoms with van der Waals surface area (Å²) in [6.07, 6.45) is 0.867. The zero-order chi connectivity index (χ0) is 24.7. The summed E-state index contributed by atoms with van der Waals surface area (Å²) in [4.78, 5) is 0. The maximum atomic E-state index is 14.0. The minimum Gasteiger partial charge on any atom is -0.497 e. The number of rotatable bonds is 11. The summed E-state index contributed by atoms with van der Waals surface area (Å²) in [5.74, 6) is 1.63. The number of hydrogen-bond acceptors (Lipinski definition) is 4. The van der Waals surface area contributed by atoms with Crippen LogP contribution >= 0.6 is 8.58 Å². The van der Waals surface area contributed by atoms with Gasteiger partial charge in [-0.1, -0.05) is 58.8 Å². The van der Waals surface area contributed by atoms with E-state index in [4.69, 9.17) is 14.2 Å². The largest absolute Gasteiger partial charge is 0.497 e. The molecule has 2 atom stereocenters. The average Bonchev–Trinajstić information content (AvgIpc) is 2.87. The number of ether oxygens (including phenoxy) is 3. The predicted molar refractivity (Wildman–Crippen MR) is 138 cm³/mol. The molecule has 0 radical (unpaired) electrons. The van der Waals surface area contributed by atoms with Crippen LogP contribution in [0.25, 0.3) is 0 Å². The predicted octanol–water partition coefficient (Wildman–Crippen LogP) is 6.49. The Morgan fingerprint density at radius 2 is 1.68 bits per heavy atom. The van der Waals surface area contributed by atoms with Crippen molar-refractivity contribution in [3.63, 3.8) is 0 Å². The Hall–Kier alpha value is -2.62. The molecule has 0 saturated carbocycles. The van der Waals surface area contributed by atoms with Gasteiger partial charge in [0, 0.05) is 16.8 Å². The van der Waals surface area contributed by atoms with Crippen molar-refractivity contribution in [2.24, 2.45) is 0 Å². The molecule has 182 valence electrons. The summed E-state index contributed by atoms with van der Waals surface area (Å²) in [5.41, 5.74) is 2.66. The second kappa shape index (κ2) is 11.7. The molecule has 0 spiro atoms. The fourth-order valence-electron chi connectivity index (χ4n) is 4.21. The minimum atomic E-state index is -0.766. The van der Waals surface area contributed by atoms with Crippen LogP contribution in [0.1, 0.15) is 56.4 Å². The van der Waals surface area contributed by atoms with Crippen LogP contribution in [-0.2, 0) is 11.8 Å². The molecule has 0 bridgehead atoms. The molecule has 0 aromatic heterocycles. The fraction of sp³-hybridized carbons (Fsp3) is 0.357. The highest BCUT2D eigenvalue weighted by Gasteiger charge is 2.35. The number of hydrogen-bond donors (Lipinski definition) is 1. The molecule has 3 aromatic rings. The quantitative estimate of drug-likeness (QED) is 0.316. The monoisotopic (exact) mass is 484 g/mol. The van der Waals surface area contributed by atoms with Gasteiger partial charge in [-0.05, 0) is 54.4 Å². The highest BCUT2D eigenvalue weighted by atomic mass is 31.1. The molecule has 6 heteroatoms. The highest BCUT2D eigenvalue weighted by Crippen LogP contribution is 2.54. The molecule has 0 amide bonds. The first-order chi connectivity index (χ1) is 16.4. The second-order valence-corrected chi connectivity index (χ2v) is 10.0. The van der Waals surface area contributed by atoms with Crippen LogP contribution in [0.4, 0.5) is 4.39 Å². The summed E-state index contributed by atoms with van der Waals surface area (Å²) in [6, 6.07) is 18.5. The summed E-state index contributed by atoms with van der Waals surface area (Å²) < 4.78 is 31.7. The molecule has 0 aliphatic heterocycles. The van der Waals surface area contributed by atoms with E-state index >= 15 is 0 Å². The Kier molecular flexibility index (Phi) is 8.93. The zero-order valence-corrected chi connectivity index (χ0v) is 21.5. The normalized spacial score (nSPS) is 12.7. The molecule has 1 N–H and O–H groups in total. The van der Waals surface area contributed by atoms with Gasteiger partial charge in [0.25, 0.3) is 0 Å². The van der Waals surface area contributed by atoms with Crippen LogP contribution < -0.4 is 19.5 Å². The Balaban J connectivity index is 2.14. The van der Waals surface area contributed by atoms with Gasteiger partial charge in [0.1, 0.15) is 18.2 Å². The van der Waals surface area contributed by atoms with Gasteiger partial charge in [-0.2, -0.15) is 0 Å². The van der Waals surface area contributed by atoms with E-state index in [1.165, 1.54) is 12.1 Å². The van der Waals surface area contributed by atoms with Crippen molar-refractivity contribution in [2.45, 2.75) is 51.5 Å². The van der Waals surface area contributed by atoms with Crippen molar-refractivity contribution < 1.29 is 23.7 Å². The first-order valence-corrected chi connectivity index (χ1v) is 12.6. The van der Waals surface area contributed by atoms with Gasteiger partial charge < -0.3 is 19.3 Å². The molecular weight excluding hydrogens is 450 g/mol. The summed E-state index contributed by atoms with van der Waals surface area (Å²) in [6.45, 7) is 6.37. The van der Waals surface area contributed by atoms with Crippen LogP contribution in [0, 0.1) is 5.82 Å². The fourth-order valence-corrected chi connectivity index (χ4v) is 5.99. The van der Waals surface area contributed by atoms with Crippen LogP contribution in [-0.4, -0.2) is 19.3 Å². The lowest BCUT2D eigenvalue weighted by molar-refractivity contribution is 0.200. The van der Waals surface area contributed by atoms with Gasteiger partial charge in [0.2, 0.25) is 0 Å². The van der Waals surface area contributed by atoms with Crippen molar-refractivity contribution in [3.05, 3.63) is 83.2 Å². The van der Waals surface area contributed by atoms with Gasteiger partial charge in [-0.25, -0.2) is 4.39 Å². The molecule has 0 fully saturated rings. The molecule has 0 aliphatic carbocycles. The number of halogens is 1. The minimum absolute atomic E-state index is 0.276. The molecule has 0 aliphatic rings. The van der Waals surface area contributed by atoms with E-state index in [0.717, 1.165) is 29.3 Å². The summed E-state index contributed by atoms with van der Waals surface area (Å²) >= 11 is 0. The molecule has 3 rings (SSSR count). The lowest BCUT2D eigenvalue weighted by Gasteiger charge is -2.35. The highest BCUT2D eigenvalue weighted by molar-refractivity contribution is 7.48. The number of aliphatic hydroxyl groups is 1. The van der Waals surface area contributed by atoms with Crippen LogP contribution in [0.2, 0.25) is 0 Å². The maximum Gasteiger partial charge on any atom is 0.166 e. The lowest BCUT2D eigenvalue weighted by Crippen LogP contribution is -2.25. The smallest absolute Gasteiger partial charge is 0.166 e. The van der Waals surface area contributed by atoms with Gasteiger partial charge >= 0.3 is 0 Å². The Bertz CT molecular complexity index is 1080. The number of benzene rings is 3. The Labute approximate surface area is 203 Å². The van der Waals surface area contributed by atoms with Crippen molar-refractivity contribution >= 4 is 13.9 Å². The van der Waals surface area contributed by atoms with Crippen molar-refractivity contribution in [3.8, 4) is 17.2 Å². The van der Waals surface area contributed by atoms with E-state index < -0.39 is 6.10 Å². The number of aliphatic hydroxyl groups excluding tert-OH is 1. The van der Waals surface area contributed by atoms with Gasteiger partial charge in [0.05, 0.1) is 20.3 Å². The standard InChI is InChI=1S/C28H34FO4P/c1-6-28(7-2,34-26-14-13-21(29)15-23(26)19(3)30)24-16-22(31-4)17-25(32-5)27(24)33-18-20-11-9-8-10-12-20/h8-17,19,30,34H,6-7,18H2,1-5H3. The molecule has 3 aromatic carbocycles. The van der Waals surface area contributed by atoms with E-state index in [9.17, 15) is 9.50 Å². The molecule has 0 saturated heterocycles. The molecule has 4 nitrogen and oxygen atoms in total.